The number of carbonyl (C=O) groups excluding carboxylic acids is 1. The molecule has 2 aromatic carbocycles. The molecule has 0 fully saturated rings. The molecule has 1 aliphatic carbocycles. The molecule has 0 atom stereocenters. The molecule has 0 saturated heterocycles. The fourth-order valence-corrected chi connectivity index (χ4v) is 3.59. The fourth-order valence-electron chi connectivity index (χ4n) is 3.59. The Kier molecular flexibility index (Phi) is 4.38. The van der Waals surface area contributed by atoms with Gasteiger partial charge in [0.25, 0.3) is 0 Å². The minimum absolute atomic E-state index is 0.237. The minimum Gasteiger partial charge on any atom is -0.387 e. The molecule has 2 aliphatic rings. The van der Waals surface area contributed by atoms with Crippen LogP contribution in [-0.2, 0) is 17.9 Å². The van der Waals surface area contributed by atoms with Crippen LogP contribution in [-0.4, -0.2) is 5.78 Å². The molecule has 0 bridgehead atoms. The Labute approximate surface area is 148 Å². The van der Waals surface area contributed by atoms with Crippen molar-refractivity contribution in [1.82, 2.24) is 5.32 Å². The van der Waals surface area contributed by atoms with Crippen LogP contribution in [0.15, 0.2) is 66.5 Å². The van der Waals surface area contributed by atoms with Gasteiger partial charge in [-0.05, 0) is 42.3 Å². The molecule has 0 amide bonds. The summed E-state index contributed by atoms with van der Waals surface area (Å²) < 4.78 is 0. The standard InChI is InChI=1S/C22H22N2O/c25-20-10-5-9-19(14-20)24(16-17-6-2-1-3-7-17)22-11-4-8-18-15-23-13-12-21(18)22/h1-4,6-8,11-14,23H,5,9-10,15-16H2. The molecule has 0 spiro atoms. The highest BCUT2D eigenvalue weighted by molar-refractivity contribution is 5.92. The van der Waals surface area contributed by atoms with E-state index in [1.807, 2.05) is 18.3 Å². The smallest absolute Gasteiger partial charge is 0.157 e. The van der Waals surface area contributed by atoms with Gasteiger partial charge in [-0.3, -0.25) is 4.79 Å². The molecule has 0 radical (unpaired) electrons. The van der Waals surface area contributed by atoms with Crippen molar-refractivity contribution in [3.8, 4) is 0 Å². The van der Waals surface area contributed by atoms with Crippen molar-refractivity contribution in [3.63, 3.8) is 0 Å². The highest BCUT2D eigenvalue weighted by atomic mass is 16.1. The maximum Gasteiger partial charge on any atom is 0.157 e. The van der Waals surface area contributed by atoms with Crippen LogP contribution in [0, 0.1) is 0 Å². The third kappa shape index (κ3) is 3.36. The molecule has 3 nitrogen and oxygen atoms in total. The van der Waals surface area contributed by atoms with Crippen LogP contribution in [0.1, 0.15) is 36.0 Å². The van der Waals surface area contributed by atoms with Gasteiger partial charge in [0, 0.05) is 42.5 Å². The number of ketones is 1. The Morgan fingerprint density at radius 3 is 2.72 bits per heavy atom. The van der Waals surface area contributed by atoms with Crippen molar-refractivity contribution < 1.29 is 4.79 Å². The van der Waals surface area contributed by atoms with Crippen molar-refractivity contribution in [3.05, 3.63) is 83.2 Å². The number of nitrogens with one attached hydrogen (secondary N) is 1. The largest absolute Gasteiger partial charge is 0.387 e. The lowest BCUT2D eigenvalue weighted by atomic mass is 9.98. The topological polar surface area (TPSA) is 32.3 Å². The predicted molar refractivity (Wildman–Crippen MR) is 102 cm³/mol. The molecule has 1 heterocycles. The number of fused-ring (bicyclic) bond motifs is 1. The Hall–Kier alpha value is -2.81. The van der Waals surface area contributed by atoms with Crippen LogP contribution in [0.25, 0.3) is 6.08 Å². The van der Waals surface area contributed by atoms with E-state index in [1.54, 1.807) is 0 Å². The Morgan fingerprint density at radius 1 is 1.00 bits per heavy atom. The van der Waals surface area contributed by atoms with E-state index in [0.717, 1.165) is 31.6 Å². The van der Waals surface area contributed by atoms with E-state index in [1.165, 1.54) is 22.4 Å². The van der Waals surface area contributed by atoms with Crippen molar-refractivity contribution >= 4 is 17.5 Å². The molecule has 126 valence electrons. The molecule has 1 aliphatic heterocycles. The molecule has 0 aromatic heterocycles. The van der Waals surface area contributed by atoms with E-state index in [-0.39, 0.29) is 5.78 Å². The van der Waals surface area contributed by atoms with Crippen molar-refractivity contribution in [2.75, 3.05) is 4.90 Å². The van der Waals surface area contributed by atoms with Gasteiger partial charge in [0.2, 0.25) is 0 Å². The van der Waals surface area contributed by atoms with Gasteiger partial charge in [0.15, 0.2) is 5.78 Å². The summed E-state index contributed by atoms with van der Waals surface area (Å²) in [5.74, 6) is 0.237. The van der Waals surface area contributed by atoms with E-state index in [0.29, 0.717) is 6.42 Å². The lowest BCUT2D eigenvalue weighted by Crippen LogP contribution is -2.26. The average Bonchev–Trinajstić information content (AvgIpc) is 2.67. The summed E-state index contributed by atoms with van der Waals surface area (Å²) in [7, 11) is 0. The summed E-state index contributed by atoms with van der Waals surface area (Å²) in [5, 5.41) is 3.28. The van der Waals surface area contributed by atoms with Gasteiger partial charge < -0.3 is 10.2 Å². The molecule has 3 heteroatoms. The summed E-state index contributed by atoms with van der Waals surface area (Å²) >= 11 is 0. The lowest BCUT2D eigenvalue weighted by molar-refractivity contribution is -0.115. The molecule has 0 unspecified atom stereocenters. The normalized spacial score (nSPS) is 16.0. The molecule has 1 N–H and O–H groups in total. The molecule has 4 rings (SSSR count). The summed E-state index contributed by atoms with van der Waals surface area (Å²) in [5.41, 5.74) is 6.09. The summed E-state index contributed by atoms with van der Waals surface area (Å²) in [6.45, 7) is 1.62. The predicted octanol–water partition coefficient (Wildman–Crippen LogP) is 4.40. The summed E-state index contributed by atoms with van der Waals surface area (Å²) in [4.78, 5) is 14.3. The third-order valence-electron chi connectivity index (χ3n) is 4.84. The first-order valence-corrected chi connectivity index (χ1v) is 8.88. The van der Waals surface area contributed by atoms with E-state index in [9.17, 15) is 4.79 Å². The Balaban J connectivity index is 1.78. The van der Waals surface area contributed by atoms with Crippen LogP contribution < -0.4 is 10.2 Å². The quantitative estimate of drug-likeness (QED) is 0.901. The van der Waals surface area contributed by atoms with Gasteiger partial charge in [-0.1, -0.05) is 42.5 Å². The average molecular weight is 330 g/mol. The first-order chi connectivity index (χ1) is 12.3. The third-order valence-corrected chi connectivity index (χ3v) is 4.84. The zero-order chi connectivity index (χ0) is 17.1. The lowest BCUT2D eigenvalue weighted by Gasteiger charge is -2.32. The number of nitrogens with zero attached hydrogens (tertiary/aromatic N) is 1. The SMILES string of the molecule is O=C1C=C(N(Cc2ccccc2)c2cccc3c2C=CNC3)CCC1. The summed E-state index contributed by atoms with van der Waals surface area (Å²) in [6, 6.07) is 16.9. The maximum atomic E-state index is 12.0. The molecule has 0 saturated carbocycles. The number of anilines is 1. The van der Waals surface area contributed by atoms with Gasteiger partial charge >= 0.3 is 0 Å². The van der Waals surface area contributed by atoms with Crippen LogP contribution in [0.5, 0.6) is 0 Å². The second kappa shape index (κ2) is 6.98. The number of rotatable bonds is 4. The van der Waals surface area contributed by atoms with Gasteiger partial charge in [0.05, 0.1) is 0 Å². The maximum absolute atomic E-state index is 12.0. The van der Waals surface area contributed by atoms with Crippen LogP contribution in [0.3, 0.4) is 0 Å². The van der Waals surface area contributed by atoms with Crippen molar-refractivity contribution in [1.29, 1.82) is 0 Å². The number of hydrogen-bond acceptors (Lipinski definition) is 3. The van der Waals surface area contributed by atoms with Crippen molar-refractivity contribution in [2.24, 2.45) is 0 Å². The first kappa shape index (κ1) is 15.7. The number of benzene rings is 2. The highest BCUT2D eigenvalue weighted by Gasteiger charge is 2.21. The number of carbonyl (C=O) groups is 1. The molecular formula is C22H22N2O. The van der Waals surface area contributed by atoms with E-state index < -0.39 is 0 Å². The van der Waals surface area contributed by atoms with Crippen LogP contribution >= 0.6 is 0 Å². The number of allylic oxidation sites excluding steroid dienone is 2. The molecular weight excluding hydrogens is 308 g/mol. The van der Waals surface area contributed by atoms with E-state index >= 15 is 0 Å². The summed E-state index contributed by atoms with van der Waals surface area (Å²) in [6.07, 6.45) is 8.53. The monoisotopic (exact) mass is 330 g/mol. The fraction of sp³-hybridized carbons (Fsp3) is 0.227. The van der Waals surface area contributed by atoms with Gasteiger partial charge in [-0.2, -0.15) is 0 Å². The van der Waals surface area contributed by atoms with Crippen molar-refractivity contribution in [2.45, 2.75) is 32.4 Å². The van der Waals surface area contributed by atoms with Gasteiger partial charge in [-0.25, -0.2) is 0 Å². The second-order valence-corrected chi connectivity index (χ2v) is 6.59. The second-order valence-electron chi connectivity index (χ2n) is 6.59. The van der Waals surface area contributed by atoms with Gasteiger partial charge in [-0.15, -0.1) is 0 Å². The highest BCUT2D eigenvalue weighted by Crippen LogP contribution is 2.33. The minimum atomic E-state index is 0.237. The zero-order valence-corrected chi connectivity index (χ0v) is 14.2. The van der Waals surface area contributed by atoms with Gasteiger partial charge in [0.1, 0.15) is 0 Å². The Bertz CT molecular complexity index is 836. The van der Waals surface area contributed by atoms with E-state index in [2.05, 4.69) is 58.8 Å². The van der Waals surface area contributed by atoms with Crippen LogP contribution in [0.4, 0.5) is 5.69 Å². The number of hydrogen-bond donors (Lipinski definition) is 1. The first-order valence-electron chi connectivity index (χ1n) is 8.88. The van der Waals surface area contributed by atoms with E-state index in [4.69, 9.17) is 0 Å². The molecule has 2 aromatic rings. The van der Waals surface area contributed by atoms with Crippen LogP contribution in [0.2, 0.25) is 0 Å². The zero-order valence-electron chi connectivity index (χ0n) is 14.2. The Morgan fingerprint density at radius 2 is 1.88 bits per heavy atom. The molecule has 25 heavy (non-hydrogen) atoms.